The number of carbonyl (C=O) groups is 4. The topological polar surface area (TPSA) is 143 Å². The van der Waals surface area contributed by atoms with Crippen LogP contribution in [0, 0.1) is 5.41 Å². The molecule has 11 nitrogen and oxygen atoms in total. The van der Waals surface area contributed by atoms with Crippen molar-refractivity contribution in [3.8, 4) is 5.75 Å². The molecule has 2 saturated heterocycles. The number of alkyl halides is 3. The molecule has 220 valence electrons. The number of piperazine rings is 1. The molecule has 1 spiro atoms. The summed E-state index contributed by atoms with van der Waals surface area (Å²) in [4.78, 5) is 54.3. The van der Waals surface area contributed by atoms with Gasteiger partial charge >= 0.3 is 31.3 Å². The molecule has 16 heteroatoms. The summed E-state index contributed by atoms with van der Waals surface area (Å²) in [6.07, 6.45) is -3.33. The van der Waals surface area contributed by atoms with Gasteiger partial charge in [0.25, 0.3) is 0 Å². The smallest absolute Gasteiger partial charge is 0.548 e. The van der Waals surface area contributed by atoms with Crippen LogP contribution in [0.2, 0.25) is 5.02 Å². The van der Waals surface area contributed by atoms with Crippen LogP contribution in [-0.2, 0) is 14.4 Å². The zero-order valence-corrected chi connectivity index (χ0v) is 23.3. The number of halogens is 4. The molecule has 41 heavy (non-hydrogen) atoms. The number of aliphatic carboxylic acids is 1. The van der Waals surface area contributed by atoms with Crippen molar-refractivity contribution >= 4 is 41.1 Å². The number of hydrogen-bond donors (Lipinski definition) is 2. The van der Waals surface area contributed by atoms with Gasteiger partial charge in [-0.1, -0.05) is 11.6 Å². The summed E-state index contributed by atoms with van der Waals surface area (Å²) < 4.78 is 41.1. The molecule has 1 aromatic carbocycles. The number of nitrogens with zero attached hydrogens (tertiary/aromatic N) is 3. The van der Waals surface area contributed by atoms with E-state index in [1.54, 1.807) is 0 Å². The van der Waals surface area contributed by atoms with E-state index in [4.69, 9.17) is 11.6 Å². The van der Waals surface area contributed by atoms with Crippen molar-refractivity contribution in [2.24, 2.45) is 5.41 Å². The zero-order chi connectivity index (χ0) is 29.4. The van der Waals surface area contributed by atoms with Crippen molar-refractivity contribution in [2.75, 3.05) is 31.5 Å². The molecule has 0 bridgehead atoms. The molecule has 4 rings (SSSR count). The van der Waals surface area contributed by atoms with Gasteiger partial charge in [-0.05, 0) is 56.2 Å². The number of benzene rings is 1. The number of likely N-dealkylation sites (tertiary alicyclic amines) is 1. The maximum Gasteiger partial charge on any atom is 1.00 e. The van der Waals surface area contributed by atoms with Gasteiger partial charge in [0.1, 0.15) is 11.8 Å². The van der Waals surface area contributed by atoms with E-state index in [1.807, 2.05) is 0 Å². The van der Waals surface area contributed by atoms with Gasteiger partial charge in [0.2, 0.25) is 11.8 Å². The Morgan fingerprint density at radius 2 is 1.90 bits per heavy atom. The summed E-state index contributed by atoms with van der Waals surface area (Å²) >= 11 is 5.81. The first-order valence-electron chi connectivity index (χ1n) is 12.8. The largest absolute Gasteiger partial charge is 1.00 e. The number of carboxylic acids is 1. The van der Waals surface area contributed by atoms with Crippen LogP contribution in [0.25, 0.3) is 0 Å². The van der Waals surface area contributed by atoms with Crippen LogP contribution in [-0.4, -0.2) is 94.4 Å². The molecule has 3 aliphatic rings. The second kappa shape index (κ2) is 12.7. The van der Waals surface area contributed by atoms with E-state index in [-0.39, 0.29) is 68.3 Å². The number of rotatable bonds is 7. The fourth-order valence-electron chi connectivity index (χ4n) is 5.27. The molecule has 1 saturated carbocycles. The summed E-state index contributed by atoms with van der Waals surface area (Å²) in [5, 5.41) is 24.3. The summed E-state index contributed by atoms with van der Waals surface area (Å²) in [7, 11) is 0. The normalized spacial score (nSPS) is 22.6. The molecular formula is C25H29ClF3LiN4O7. The quantitative estimate of drug-likeness (QED) is 0.368. The van der Waals surface area contributed by atoms with Crippen LogP contribution in [0.5, 0.6) is 5.75 Å². The first-order valence-corrected chi connectivity index (χ1v) is 13.2. The summed E-state index contributed by atoms with van der Waals surface area (Å²) in [6, 6.07) is -0.104. The van der Waals surface area contributed by atoms with Crippen molar-refractivity contribution in [2.45, 2.75) is 63.6 Å². The summed E-state index contributed by atoms with van der Waals surface area (Å²) in [6.45, 7) is 1.88. The fourth-order valence-corrected chi connectivity index (χ4v) is 5.49. The molecular weight excluding hydrogens is 568 g/mol. The summed E-state index contributed by atoms with van der Waals surface area (Å²) in [5.74, 6) is -3.17. The van der Waals surface area contributed by atoms with E-state index in [0.29, 0.717) is 13.0 Å². The van der Waals surface area contributed by atoms with Crippen LogP contribution in [0.3, 0.4) is 0 Å². The average molecular weight is 597 g/mol. The number of nitrogens with one attached hydrogen (secondary N) is 1. The number of anilines is 1. The number of hydrogen-bond acceptors (Lipinski definition) is 7. The molecule has 2 heterocycles. The van der Waals surface area contributed by atoms with E-state index in [1.165, 1.54) is 11.8 Å². The number of aliphatic hydroxyl groups is 1. The Balaban J connectivity index is 0.00000462. The van der Waals surface area contributed by atoms with Crippen LogP contribution >= 0.6 is 11.6 Å². The van der Waals surface area contributed by atoms with Gasteiger partial charge in [0.15, 0.2) is 0 Å². The number of carbonyl (C=O) groups excluding carboxylic acids is 4. The maximum atomic E-state index is 13.1. The van der Waals surface area contributed by atoms with Crippen LogP contribution in [0.15, 0.2) is 18.2 Å². The molecule has 2 N–H and O–H groups in total. The van der Waals surface area contributed by atoms with Gasteiger partial charge in [-0.2, -0.15) is 0 Å². The Kier molecular flexibility index (Phi) is 10.2. The van der Waals surface area contributed by atoms with E-state index < -0.39 is 53.2 Å². The van der Waals surface area contributed by atoms with Gasteiger partial charge in [0, 0.05) is 38.3 Å². The predicted octanol–water partition coefficient (Wildman–Crippen LogP) is -1.42. The molecule has 1 aliphatic carbocycles. The van der Waals surface area contributed by atoms with Gasteiger partial charge in [0.05, 0.1) is 23.1 Å². The van der Waals surface area contributed by atoms with Crippen molar-refractivity contribution in [1.29, 1.82) is 0 Å². The minimum atomic E-state index is -4.95. The van der Waals surface area contributed by atoms with Gasteiger partial charge < -0.3 is 39.8 Å². The van der Waals surface area contributed by atoms with Gasteiger partial charge in [-0.15, -0.1) is 13.2 Å². The van der Waals surface area contributed by atoms with Gasteiger partial charge in [-0.25, -0.2) is 4.79 Å². The first kappa shape index (κ1) is 32.8. The van der Waals surface area contributed by atoms with E-state index >= 15 is 0 Å². The molecule has 1 aromatic rings. The Labute approximate surface area is 251 Å². The third-order valence-electron chi connectivity index (χ3n) is 7.86. The number of carboxylic acid groups (broad SMARTS) is 1. The van der Waals surface area contributed by atoms with Crippen LogP contribution < -0.4 is 34.0 Å². The van der Waals surface area contributed by atoms with Gasteiger partial charge in [-0.3, -0.25) is 9.59 Å². The third-order valence-corrected chi connectivity index (χ3v) is 8.16. The van der Waals surface area contributed by atoms with E-state index in [9.17, 15) is 42.6 Å². The number of piperidine rings is 1. The molecule has 3 fully saturated rings. The number of urea groups is 1. The van der Waals surface area contributed by atoms with E-state index in [2.05, 4.69) is 10.1 Å². The molecule has 4 amide bonds. The monoisotopic (exact) mass is 596 g/mol. The van der Waals surface area contributed by atoms with E-state index in [0.717, 1.165) is 40.8 Å². The van der Waals surface area contributed by atoms with Crippen molar-refractivity contribution in [3.63, 3.8) is 0 Å². The molecule has 0 unspecified atom stereocenters. The molecule has 0 aromatic heterocycles. The fraction of sp³-hybridized carbons (Fsp3) is 0.600. The second-order valence-electron chi connectivity index (χ2n) is 10.4. The Morgan fingerprint density at radius 3 is 2.46 bits per heavy atom. The standard InChI is InChI=1S/C25H30ClF3N4O7.Li/c1-14-21(36)33(17(22(37)38)3-5-20(35)31-9-8-24(6-7-24)19(34)13-31)11-10-32(14)23(39)30-15-2-4-18(16(26)12-15)40-25(27,28)29;/h2,4,12,14,17,19,34H,3,5-11,13H2,1H3,(H,30,39)(H,37,38);/q;+1/p-1/t14-,17-,19+;/m0./s1. The SMILES string of the molecule is C[C@H]1C(=O)N([C@@H](CCC(=O)N2CCC3(CC3)[C@H](O)C2)C(=O)[O-])CCN1C(=O)Nc1ccc(OC(F)(F)F)c(Cl)c1.[Li+]. The van der Waals surface area contributed by atoms with Crippen LogP contribution in [0.1, 0.15) is 39.0 Å². The Morgan fingerprint density at radius 1 is 1.22 bits per heavy atom. The number of amides is 4. The number of aliphatic hydroxyl groups excluding tert-OH is 1. The minimum absolute atomic E-state index is 0. The second-order valence-corrected chi connectivity index (χ2v) is 10.8. The molecule has 0 radical (unpaired) electrons. The minimum Gasteiger partial charge on any atom is -0.548 e. The van der Waals surface area contributed by atoms with Crippen molar-refractivity contribution < 1.29 is 66.2 Å². The van der Waals surface area contributed by atoms with Crippen LogP contribution in [0.4, 0.5) is 23.7 Å². The third kappa shape index (κ3) is 7.60. The Hall–Kier alpha value is -2.66. The molecule has 3 atom stereocenters. The first-order chi connectivity index (χ1) is 18.7. The average Bonchev–Trinajstić information content (AvgIpc) is 3.64. The summed E-state index contributed by atoms with van der Waals surface area (Å²) in [5.41, 5.74) is -0.0380. The number of β-amino-alcohol motifs (C(OH)–C–C–N with tert-alkyl or cyclic N) is 1. The zero-order valence-electron chi connectivity index (χ0n) is 22.6. The number of ether oxygens (including phenoxy) is 1. The predicted molar refractivity (Wildman–Crippen MR) is 132 cm³/mol. The van der Waals surface area contributed by atoms with Crippen molar-refractivity contribution in [1.82, 2.24) is 14.7 Å². The maximum absolute atomic E-state index is 13.1. The Bertz CT molecular complexity index is 1190. The molecule has 2 aliphatic heterocycles. The van der Waals surface area contributed by atoms with Crippen molar-refractivity contribution in [3.05, 3.63) is 23.2 Å².